The Morgan fingerprint density at radius 3 is 2.57 bits per heavy atom. The number of ether oxygens (including phenoxy) is 1. The Bertz CT molecular complexity index is 755. The van der Waals surface area contributed by atoms with Gasteiger partial charge in [-0.15, -0.1) is 0 Å². The van der Waals surface area contributed by atoms with Crippen LogP contribution in [0.2, 0.25) is 5.02 Å². The summed E-state index contributed by atoms with van der Waals surface area (Å²) in [5, 5.41) is 3.62. The summed E-state index contributed by atoms with van der Waals surface area (Å²) < 4.78 is 6.08. The summed E-state index contributed by atoms with van der Waals surface area (Å²) in [6.07, 6.45) is 0.694. The number of carbonyl (C=O) groups excluding carboxylic acids is 2. The Morgan fingerprint density at radius 2 is 1.93 bits per heavy atom. The van der Waals surface area contributed by atoms with E-state index in [9.17, 15) is 9.59 Å². The zero-order valence-corrected chi connectivity index (χ0v) is 19.1. The topological polar surface area (TPSA) is 65.1 Å². The van der Waals surface area contributed by atoms with E-state index in [4.69, 9.17) is 16.3 Å². The fourth-order valence-corrected chi connectivity index (χ4v) is 4.19. The van der Waals surface area contributed by atoms with Crippen molar-refractivity contribution in [1.29, 1.82) is 0 Å². The van der Waals surface area contributed by atoms with Gasteiger partial charge in [-0.1, -0.05) is 23.7 Å². The molecule has 0 radical (unpaired) electrons. The number of nitrogens with one attached hydrogen (secondary N) is 1. The van der Waals surface area contributed by atoms with Crippen molar-refractivity contribution in [3.63, 3.8) is 0 Å². The highest BCUT2D eigenvalue weighted by molar-refractivity contribution is 6.30. The lowest BCUT2D eigenvalue weighted by Crippen LogP contribution is -2.61. The number of carbonyl (C=O) groups is 2. The summed E-state index contributed by atoms with van der Waals surface area (Å²) in [5.74, 6) is 0.0630. The Morgan fingerprint density at radius 1 is 1.23 bits per heavy atom. The van der Waals surface area contributed by atoms with Crippen molar-refractivity contribution in [3.8, 4) is 0 Å². The maximum Gasteiger partial charge on any atom is 0.317 e. The normalized spacial score (nSPS) is 23.4. The number of hydrogen-bond acceptors (Lipinski definition) is 4. The molecule has 2 heterocycles. The lowest BCUT2D eigenvalue weighted by Gasteiger charge is -2.44. The minimum atomic E-state index is -0.534. The van der Waals surface area contributed by atoms with Gasteiger partial charge >= 0.3 is 6.03 Å². The summed E-state index contributed by atoms with van der Waals surface area (Å²) in [4.78, 5) is 31.8. The third-order valence-electron chi connectivity index (χ3n) is 5.86. The van der Waals surface area contributed by atoms with Crippen LogP contribution >= 0.6 is 11.6 Å². The third-order valence-corrected chi connectivity index (χ3v) is 6.11. The molecule has 2 aliphatic rings. The highest BCUT2D eigenvalue weighted by Crippen LogP contribution is 2.32. The smallest absolute Gasteiger partial charge is 0.317 e. The Balaban J connectivity index is 1.87. The number of likely N-dealkylation sites (tertiary alicyclic amines) is 1. The number of amides is 3. The van der Waals surface area contributed by atoms with E-state index in [1.54, 1.807) is 4.90 Å². The molecular weight excluding hydrogens is 404 g/mol. The second-order valence-electron chi connectivity index (χ2n) is 8.92. The lowest BCUT2D eigenvalue weighted by atomic mass is 9.95. The summed E-state index contributed by atoms with van der Waals surface area (Å²) in [5.41, 5.74) is 0.475. The monoisotopic (exact) mass is 436 g/mol. The van der Waals surface area contributed by atoms with Crippen LogP contribution in [0.4, 0.5) is 4.79 Å². The second kappa shape index (κ2) is 9.54. The molecule has 166 valence electrons. The van der Waals surface area contributed by atoms with Gasteiger partial charge in [-0.3, -0.25) is 9.69 Å². The molecule has 2 saturated heterocycles. The van der Waals surface area contributed by atoms with Crippen LogP contribution in [-0.4, -0.2) is 77.2 Å². The molecule has 8 heteroatoms. The molecule has 0 unspecified atom stereocenters. The van der Waals surface area contributed by atoms with Gasteiger partial charge in [-0.2, -0.15) is 0 Å². The lowest BCUT2D eigenvalue weighted by molar-refractivity contribution is -0.153. The largest absolute Gasteiger partial charge is 0.364 e. The first kappa shape index (κ1) is 22.8. The average Bonchev–Trinajstić information content (AvgIpc) is 3.10. The molecular formula is C22H33ClN4O3. The van der Waals surface area contributed by atoms with Gasteiger partial charge in [0.15, 0.2) is 0 Å². The fourth-order valence-electron chi connectivity index (χ4n) is 4.07. The summed E-state index contributed by atoms with van der Waals surface area (Å²) in [6.45, 7) is 10.7. The fraction of sp³-hybridized carbons (Fsp3) is 0.636. The van der Waals surface area contributed by atoms with E-state index in [0.29, 0.717) is 51.0 Å². The molecule has 30 heavy (non-hydrogen) atoms. The van der Waals surface area contributed by atoms with Crippen LogP contribution in [0.3, 0.4) is 0 Å². The van der Waals surface area contributed by atoms with Crippen LogP contribution < -0.4 is 5.32 Å². The number of benzene rings is 1. The molecule has 3 amide bonds. The SMILES string of the molecule is CC(C)NC(=O)N1CC[C@@]2(COCN(C(C)C)CC(=O)N2Cc2ccc(Cl)cc2)C1. The minimum Gasteiger partial charge on any atom is -0.364 e. The standard InChI is InChI=1S/C22H33ClN4O3/c1-16(2)24-21(29)25-10-9-22(13-25)14-30-15-26(17(3)4)12-20(28)27(22)11-18-5-7-19(23)8-6-18/h5-8,16-17H,9-15H2,1-4H3,(H,24,29)/t22-/m0/s1. The number of hydrogen-bond donors (Lipinski definition) is 1. The predicted octanol–water partition coefficient (Wildman–Crippen LogP) is 2.93. The van der Waals surface area contributed by atoms with Gasteiger partial charge in [-0.25, -0.2) is 4.79 Å². The molecule has 7 nitrogen and oxygen atoms in total. The maximum absolute atomic E-state index is 13.5. The first-order valence-corrected chi connectivity index (χ1v) is 11.0. The quantitative estimate of drug-likeness (QED) is 0.788. The van der Waals surface area contributed by atoms with Gasteiger partial charge < -0.3 is 19.9 Å². The molecule has 2 fully saturated rings. The van der Waals surface area contributed by atoms with E-state index in [1.807, 2.05) is 47.9 Å². The van der Waals surface area contributed by atoms with Gasteiger partial charge in [0, 0.05) is 36.7 Å². The highest BCUT2D eigenvalue weighted by Gasteiger charge is 2.48. The number of halogens is 1. The predicted molar refractivity (Wildman–Crippen MR) is 117 cm³/mol. The number of nitrogens with zero attached hydrogens (tertiary/aromatic N) is 3. The molecule has 3 rings (SSSR count). The van der Waals surface area contributed by atoms with Crippen molar-refractivity contribution in [2.45, 2.75) is 58.3 Å². The molecule has 0 aromatic heterocycles. The zero-order chi connectivity index (χ0) is 21.9. The first-order valence-electron chi connectivity index (χ1n) is 10.6. The summed E-state index contributed by atoms with van der Waals surface area (Å²) in [6, 6.07) is 7.75. The van der Waals surface area contributed by atoms with Crippen molar-refractivity contribution in [3.05, 3.63) is 34.9 Å². The van der Waals surface area contributed by atoms with Crippen molar-refractivity contribution in [2.75, 3.05) is 33.0 Å². The molecule has 0 aliphatic carbocycles. The van der Waals surface area contributed by atoms with Gasteiger partial charge in [0.2, 0.25) is 5.91 Å². The van der Waals surface area contributed by atoms with Crippen LogP contribution in [0.5, 0.6) is 0 Å². The maximum atomic E-state index is 13.5. The van der Waals surface area contributed by atoms with Gasteiger partial charge in [0.25, 0.3) is 0 Å². The van der Waals surface area contributed by atoms with Gasteiger partial charge in [0.05, 0.1) is 25.4 Å². The molecule has 1 N–H and O–H groups in total. The Hall–Kier alpha value is -1.83. The Labute approximate surface area is 184 Å². The van der Waals surface area contributed by atoms with Crippen molar-refractivity contribution in [1.82, 2.24) is 20.0 Å². The highest BCUT2D eigenvalue weighted by atomic mass is 35.5. The van der Waals surface area contributed by atoms with E-state index in [2.05, 4.69) is 19.2 Å². The van der Waals surface area contributed by atoms with E-state index < -0.39 is 5.54 Å². The molecule has 2 aliphatic heterocycles. The van der Waals surface area contributed by atoms with Crippen LogP contribution in [0.1, 0.15) is 39.7 Å². The van der Waals surface area contributed by atoms with Gasteiger partial charge in [0.1, 0.15) is 0 Å². The van der Waals surface area contributed by atoms with E-state index in [0.717, 1.165) is 5.56 Å². The molecule has 1 aromatic rings. The van der Waals surface area contributed by atoms with Crippen molar-refractivity contribution in [2.24, 2.45) is 0 Å². The Kier molecular flexibility index (Phi) is 7.26. The van der Waals surface area contributed by atoms with Crippen LogP contribution in [0.15, 0.2) is 24.3 Å². The van der Waals surface area contributed by atoms with Crippen LogP contribution in [0.25, 0.3) is 0 Å². The van der Waals surface area contributed by atoms with Crippen molar-refractivity contribution >= 4 is 23.5 Å². The van der Waals surface area contributed by atoms with E-state index in [-0.39, 0.29) is 24.0 Å². The zero-order valence-electron chi connectivity index (χ0n) is 18.4. The van der Waals surface area contributed by atoms with Crippen LogP contribution in [0, 0.1) is 0 Å². The van der Waals surface area contributed by atoms with Crippen molar-refractivity contribution < 1.29 is 14.3 Å². The third kappa shape index (κ3) is 5.25. The molecule has 0 saturated carbocycles. The van der Waals surface area contributed by atoms with E-state index in [1.165, 1.54) is 0 Å². The molecule has 1 spiro atoms. The second-order valence-corrected chi connectivity index (χ2v) is 9.36. The number of urea groups is 1. The average molecular weight is 437 g/mol. The minimum absolute atomic E-state index is 0.0630. The number of rotatable bonds is 4. The van der Waals surface area contributed by atoms with E-state index >= 15 is 0 Å². The first-order chi connectivity index (χ1) is 14.2. The van der Waals surface area contributed by atoms with Gasteiger partial charge in [-0.05, 0) is 51.8 Å². The molecule has 0 bridgehead atoms. The molecule has 1 atom stereocenters. The summed E-state index contributed by atoms with van der Waals surface area (Å²) >= 11 is 6.04. The molecule has 1 aromatic carbocycles. The van der Waals surface area contributed by atoms with Crippen LogP contribution in [-0.2, 0) is 16.1 Å². The summed E-state index contributed by atoms with van der Waals surface area (Å²) in [7, 11) is 0.